The molecular weight excluding hydrogens is 122 g/mol. The molecule has 2 bridgehead atoms. The SMILES string of the molecule is CC(C)[C@@H]1C[C@@H]2C[C@H]1CN2. The van der Waals surface area contributed by atoms with Crippen molar-refractivity contribution < 1.29 is 0 Å². The molecule has 1 aliphatic carbocycles. The highest BCUT2D eigenvalue weighted by atomic mass is 15.0. The molecule has 1 saturated carbocycles. The lowest BCUT2D eigenvalue weighted by Crippen LogP contribution is -2.31. The molecule has 0 amide bonds. The second kappa shape index (κ2) is 2.23. The van der Waals surface area contributed by atoms with Gasteiger partial charge in [0.1, 0.15) is 0 Å². The molecule has 58 valence electrons. The maximum Gasteiger partial charge on any atom is 0.00732 e. The quantitative estimate of drug-likeness (QED) is 0.582. The van der Waals surface area contributed by atoms with Gasteiger partial charge in [-0.25, -0.2) is 0 Å². The Kier molecular flexibility index (Phi) is 1.48. The molecule has 2 aliphatic rings. The summed E-state index contributed by atoms with van der Waals surface area (Å²) in [5.74, 6) is 2.97. The largest absolute Gasteiger partial charge is 0.314 e. The Morgan fingerprint density at radius 3 is 2.40 bits per heavy atom. The van der Waals surface area contributed by atoms with Crippen LogP contribution < -0.4 is 5.32 Å². The molecule has 1 heteroatoms. The molecule has 0 radical (unpaired) electrons. The summed E-state index contributed by atoms with van der Waals surface area (Å²) < 4.78 is 0. The summed E-state index contributed by atoms with van der Waals surface area (Å²) in [4.78, 5) is 0. The average Bonchev–Trinajstić information content (AvgIpc) is 2.44. The van der Waals surface area contributed by atoms with Crippen LogP contribution in [0.25, 0.3) is 0 Å². The van der Waals surface area contributed by atoms with Crippen molar-refractivity contribution in [3.8, 4) is 0 Å². The smallest absolute Gasteiger partial charge is 0.00732 e. The van der Waals surface area contributed by atoms with Gasteiger partial charge in [-0.15, -0.1) is 0 Å². The highest BCUT2D eigenvalue weighted by Crippen LogP contribution is 2.40. The van der Waals surface area contributed by atoms with Crippen molar-refractivity contribution in [1.82, 2.24) is 5.32 Å². The summed E-state index contributed by atoms with van der Waals surface area (Å²) in [6.07, 6.45) is 2.91. The van der Waals surface area contributed by atoms with Crippen molar-refractivity contribution >= 4 is 0 Å². The molecule has 0 aromatic heterocycles. The van der Waals surface area contributed by atoms with Crippen molar-refractivity contribution in [3.05, 3.63) is 0 Å². The van der Waals surface area contributed by atoms with Crippen molar-refractivity contribution in [2.45, 2.75) is 32.7 Å². The van der Waals surface area contributed by atoms with Gasteiger partial charge < -0.3 is 5.32 Å². The van der Waals surface area contributed by atoms with E-state index in [-0.39, 0.29) is 0 Å². The van der Waals surface area contributed by atoms with Gasteiger partial charge in [-0.05, 0) is 37.1 Å². The Bertz CT molecular complexity index is 131. The number of hydrogen-bond acceptors (Lipinski definition) is 1. The number of rotatable bonds is 1. The zero-order valence-corrected chi connectivity index (χ0v) is 6.93. The van der Waals surface area contributed by atoms with E-state index in [1.807, 2.05) is 0 Å². The number of piperidine rings is 1. The van der Waals surface area contributed by atoms with E-state index in [0.29, 0.717) is 0 Å². The van der Waals surface area contributed by atoms with Crippen LogP contribution in [0.3, 0.4) is 0 Å². The first-order chi connectivity index (χ1) is 4.77. The van der Waals surface area contributed by atoms with E-state index in [1.54, 1.807) is 0 Å². The second-order valence-electron chi connectivity index (χ2n) is 4.24. The van der Waals surface area contributed by atoms with Crippen LogP contribution in [0, 0.1) is 17.8 Å². The number of fused-ring (bicyclic) bond motifs is 2. The molecule has 1 N–H and O–H groups in total. The highest BCUT2D eigenvalue weighted by Gasteiger charge is 2.40. The molecule has 0 aromatic rings. The zero-order valence-electron chi connectivity index (χ0n) is 6.93. The van der Waals surface area contributed by atoms with Gasteiger partial charge in [0, 0.05) is 6.04 Å². The number of hydrogen-bond donors (Lipinski definition) is 1. The predicted molar refractivity (Wildman–Crippen MR) is 42.8 cm³/mol. The van der Waals surface area contributed by atoms with Crippen molar-refractivity contribution in [3.63, 3.8) is 0 Å². The van der Waals surface area contributed by atoms with E-state index in [9.17, 15) is 0 Å². The molecule has 1 aliphatic heterocycles. The van der Waals surface area contributed by atoms with Crippen LogP contribution in [-0.4, -0.2) is 12.6 Å². The van der Waals surface area contributed by atoms with Gasteiger partial charge >= 0.3 is 0 Å². The van der Waals surface area contributed by atoms with E-state index >= 15 is 0 Å². The Labute approximate surface area is 63.2 Å². The van der Waals surface area contributed by atoms with E-state index in [0.717, 1.165) is 23.8 Å². The van der Waals surface area contributed by atoms with Crippen LogP contribution in [-0.2, 0) is 0 Å². The summed E-state index contributed by atoms with van der Waals surface area (Å²) in [5, 5.41) is 3.54. The molecule has 1 heterocycles. The minimum Gasteiger partial charge on any atom is -0.314 e. The third-order valence-electron chi connectivity index (χ3n) is 3.27. The number of nitrogens with one attached hydrogen (secondary N) is 1. The first-order valence-electron chi connectivity index (χ1n) is 4.50. The lowest BCUT2D eigenvalue weighted by molar-refractivity contribution is 0.269. The fraction of sp³-hybridized carbons (Fsp3) is 1.00. The van der Waals surface area contributed by atoms with Gasteiger partial charge in [-0.2, -0.15) is 0 Å². The van der Waals surface area contributed by atoms with Crippen LogP contribution in [0.15, 0.2) is 0 Å². The molecule has 1 saturated heterocycles. The van der Waals surface area contributed by atoms with Crippen LogP contribution >= 0.6 is 0 Å². The van der Waals surface area contributed by atoms with Crippen LogP contribution in [0.5, 0.6) is 0 Å². The molecule has 0 aromatic carbocycles. The van der Waals surface area contributed by atoms with Crippen molar-refractivity contribution in [2.24, 2.45) is 17.8 Å². The normalized spacial score (nSPS) is 45.3. The molecule has 1 nitrogen and oxygen atoms in total. The lowest BCUT2D eigenvalue weighted by atomic mass is 9.85. The van der Waals surface area contributed by atoms with E-state index in [1.165, 1.54) is 19.4 Å². The molecule has 2 fully saturated rings. The van der Waals surface area contributed by atoms with Crippen LogP contribution in [0.2, 0.25) is 0 Å². The summed E-state index contributed by atoms with van der Waals surface area (Å²) in [6, 6.07) is 0.886. The Morgan fingerprint density at radius 1 is 1.30 bits per heavy atom. The standard InChI is InChI=1S/C9H17N/c1-6(2)9-4-8-3-7(9)5-10-8/h6-10H,3-5H2,1-2H3/t7-,8-,9-/m0/s1. The summed E-state index contributed by atoms with van der Waals surface area (Å²) in [6.45, 7) is 6.03. The van der Waals surface area contributed by atoms with E-state index < -0.39 is 0 Å². The maximum absolute atomic E-state index is 3.54. The fourth-order valence-corrected chi connectivity index (χ4v) is 2.69. The predicted octanol–water partition coefficient (Wildman–Crippen LogP) is 1.64. The third-order valence-corrected chi connectivity index (χ3v) is 3.27. The van der Waals surface area contributed by atoms with Gasteiger partial charge in [0.05, 0.1) is 0 Å². The second-order valence-corrected chi connectivity index (χ2v) is 4.24. The van der Waals surface area contributed by atoms with Gasteiger partial charge in [0.25, 0.3) is 0 Å². The molecule has 0 spiro atoms. The average molecular weight is 139 g/mol. The minimum absolute atomic E-state index is 0.886. The molecule has 10 heavy (non-hydrogen) atoms. The van der Waals surface area contributed by atoms with E-state index in [4.69, 9.17) is 0 Å². The molecule has 0 unspecified atom stereocenters. The van der Waals surface area contributed by atoms with E-state index in [2.05, 4.69) is 19.2 Å². The zero-order chi connectivity index (χ0) is 7.14. The van der Waals surface area contributed by atoms with Crippen molar-refractivity contribution in [1.29, 1.82) is 0 Å². The summed E-state index contributed by atoms with van der Waals surface area (Å²) >= 11 is 0. The van der Waals surface area contributed by atoms with Gasteiger partial charge in [0.15, 0.2) is 0 Å². The Morgan fingerprint density at radius 2 is 2.10 bits per heavy atom. The van der Waals surface area contributed by atoms with Crippen molar-refractivity contribution in [2.75, 3.05) is 6.54 Å². The minimum atomic E-state index is 0.886. The lowest BCUT2D eigenvalue weighted by Gasteiger charge is -2.25. The third kappa shape index (κ3) is 0.878. The first-order valence-corrected chi connectivity index (χ1v) is 4.50. The summed E-state index contributed by atoms with van der Waals surface area (Å²) in [5.41, 5.74) is 0. The molecule has 2 rings (SSSR count). The Hall–Kier alpha value is -0.0400. The molecule has 3 atom stereocenters. The van der Waals surface area contributed by atoms with Gasteiger partial charge in [-0.1, -0.05) is 13.8 Å². The molecular formula is C9H17N. The van der Waals surface area contributed by atoms with Crippen LogP contribution in [0.4, 0.5) is 0 Å². The van der Waals surface area contributed by atoms with Gasteiger partial charge in [0.2, 0.25) is 0 Å². The summed E-state index contributed by atoms with van der Waals surface area (Å²) in [7, 11) is 0. The monoisotopic (exact) mass is 139 g/mol. The topological polar surface area (TPSA) is 12.0 Å². The fourth-order valence-electron chi connectivity index (χ4n) is 2.69. The first kappa shape index (κ1) is 6.66. The highest BCUT2D eigenvalue weighted by molar-refractivity contribution is 4.95. The maximum atomic E-state index is 3.54. The van der Waals surface area contributed by atoms with Gasteiger partial charge in [-0.3, -0.25) is 0 Å². The van der Waals surface area contributed by atoms with Crippen LogP contribution in [0.1, 0.15) is 26.7 Å². The Balaban J connectivity index is 2.02.